The number of aliphatic hydroxyl groups is 1. The van der Waals surface area contributed by atoms with Crippen LogP contribution in [-0.2, 0) is 14.9 Å². The number of aliphatic hydroxyl groups excluding tert-OH is 1. The Hall–Kier alpha value is -1.44. The summed E-state index contributed by atoms with van der Waals surface area (Å²) in [5, 5.41) is 13.1. The van der Waals surface area contributed by atoms with Crippen molar-refractivity contribution in [2.75, 3.05) is 5.75 Å². The molecular formula is C37H69NO5S. The Balaban J connectivity index is 3.79. The van der Waals surface area contributed by atoms with E-state index in [1.165, 1.54) is 77.0 Å². The molecule has 0 bridgehead atoms. The molecule has 0 spiro atoms. The third kappa shape index (κ3) is 32.0. The summed E-state index contributed by atoms with van der Waals surface area (Å²) in [7, 11) is -4.30. The van der Waals surface area contributed by atoms with Gasteiger partial charge in [-0.2, -0.15) is 8.42 Å². The molecule has 0 rings (SSSR count). The summed E-state index contributed by atoms with van der Waals surface area (Å²) in [4.78, 5) is 12.4. The standard InChI is InChI=1S/C37H69NO5S/c1-3-5-7-9-11-12-13-14-15-16-17-18-19-20-21-22-23-24-25-26-27-29-31-33-37(40)38-35(34-44(41,42)43)36(39)32-30-28-10-8-6-4-2/h13-14,16-17,19-20,35-36,39H,3-12,15,18,21-34H2,1-2H3,(H,38,40)(H,41,42,43)/b14-13-,17-16-,20-19-. The number of hydrogen-bond acceptors (Lipinski definition) is 4. The highest BCUT2D eigenvalue weighted by Crippen LogP contribution is 2.14. The summed E-state index contributed by atoms with van der Waals surface area (Å²) < 4.78 is 32.1. The molecule has 0 radical (unpaired) electrons. The van der Waals surface area contributed by atoms with Crippen LogP contribution in [0.25, 0.3) is 0 Å². The van der Waals surface area contributed by atoms with Crippen molar-refractivity contribution >= 4 is 16.0 Å². The van der Waals surface area contributed by atoms with Gasteiger partial charge in [-0.1, -0.05) is 153 Å². The monoisotopic (exact) mass is 639 g/mol. The number of rotatable bonds is 32. The van der Waals surface area contributed by atoms with E-state index in [0.29, 0.717) is 12.8 Å². The first-order valence-corrected chi connectivity index (χ1v) is 19.8. The quantitative estimate of drug-likeness (QED) is 0.0386. The lowest BCUT2D eigenvalue weighted by molar-refractivity contribution is -0.122. The average Bonchev–Trinajstić information content (AvgIpc) is 2.98. The lowest BCUT2D eigenvalue weighted by atomic mass is 10.0. The molecule has 0 aromatic rings. The van der Waals surface area contributed by atoms with E-state index in [1.54, 1.807) is 0 Å². The van der Waals surface area contributed by atoms with Gasteiger partial charge < -0.3 is 10.4 Å². The molecule has 0 saturated carbocycles. The van der Waals surface area contributed by atoms with Gasteiger partial charge in [0.05, 0.1) is 17.9 Å². The minimum atomic E-state index is -4.30. The van der Waals surface area contributed by atoms with Gasteiger partial charge in [0.25, 0.3) is 10.1 Å². The third-order valence-corrected chi connectivity index (χ3v) is 8.88. The highest BCUT2D eigenvalue weighted by molar-refractivity contribution is 7.85. The van der Waals surface area contributed by atoms with Crippen LogP contribution >= 0.6 is 0 Å². The molecule has 0 heterocycles. The van der Waals surface area contributed by atoms with Crippen molar-refractivity contribution in [2.24, 2.45) is 0 Å². The van der Waals surface area contributed by atoms with Crippen LogP contribution in [0.15, 0.2) is 36.5 Å². The van der Waals surface area contributed by atoms with Gasteiger partial charge in [-0.25, -0.2) is 0 Å². The zero-order valence-electron chi connectivity index (χ0n) is 28.5. The number of nitrogens with one attached hydrogen (secondary N) is 1. The van der Waals surface area contributed by atoms with Crippen molar-refractivity contribution in [1.82, 2.24) is 5.32 Å². The fourth-order valence-electron chi connectivity index (χ4n) is 5.34. The number of carbonyl (C=O) groups excluding carboxylic acids is 1. The first kappa shape index (κ1) is 42.6. The van der Waals surface area contributed by atoms with Gasteiger partial charge >= 0.3 is 0 Å². The molecule has 0 aromatic heterocycles. The average molecular weight is 640 g/mol. The van der Waals surface area contributed by atoms with Gasteiger partial charge in [0.2, 0.25) is 5.91 Å². The van der Waals surface area contributed by atoms with Crippen LogP contribution in [0.2, 0.25) is 0 Å². The molecule has 258 valence electrons. The van der Waals surface area contributed by atoms with E-state index in [1.807, 2.05) is 0 Å². The molecule has 3 N–H and O–H groups in total. The molecule has 0 aliphatic heterocycles. The summed E-state index contributed by atoms with van der Waals surface area (Å²) in [6.07, 6.45) is 39.8. The van der Waals surface area contributed by atoms with Gasteiger partial charge in [-0.15, -0.1) is 0 Å². The Morgan fingerprint density at radius 1 is 0.614 bits per heavy atom. The summed E-state index contributed by atoms with van der Waals surface area (Å²) in [6.45, 7) is 4.42. The molecule has 0 aromatic carbocycles. The van der Waals surface area contributed by atoms with Gasteiger partial charge in [0, 0.05) is 6.42 Å². The van der Waals surface area contributed by atoms with E-state index >= 15 is 0 Å². The van der Waals surface area contributed by atoms with Crippen LogP contribution < -0.4 is 5.32 Å². The maximum absolute atomic E-state index is 12.4. The molecule has 7 heteroatoms. The Morgan fingerprint density at radius 3 is 1.50 bits per heavy atom. The van der Waals surface area contributed by atoms with E-state index in [0.717, 1.165) is 70.6 Å². The second-order valence-corrected chi connectivity index (χ2v) is 14.0. The van der Waals surface area contributed by atoms with Gasteiger partial charge in [0.15, 0.2) is 0 Å². The van der Waals surface area contributed by atoms with Crippen molar-refractivity contribution < 1.29 is 22.9 Å². The minimum absolute atomic E-state index is 0.260. The second-order valence-electron chi connectivity index (χ2n) is 12.5. The summed E-state index contributed by atoms with van der Waals surface area (Å²) in [5.41, 5.74) is 0. The number of amides is 1. The molecule has 2 atom stereocenters. The lowest BCUT2D eigenvalue weighted by Gasteiger charge is -2.23. The Morgan fingerprint density at radius 2 is 1.02 bits per heavy atom. The molecule has 1 amide bonds. The highest BCUT2D eigenvalue weighted by Gasteiger charge is 2.26. The van der Waals surface area contributed by atoms with Crippen LogP contribution in [-0.4, -0.2) is 41.9 Å². The van der Waals surface area contributed by atoms with Crippen molar-refractivity contribution in [2.45, 2.75) is 187 Å². The largest absolute Gasteiger partial charge is 0.391 e. The molecule has 0 aliphatic rings. The third-order valence-electron chi connectivity index (χ3n) is 8.10. The maximum atomic E-state index is 12.4. The van der Waals surface area contributed by atoms with Gasteiger partial charge in [0.1, 0.15) is 0 Å². The van der Waals surface area contributed by atoms with E-state index in [2.05, 4.69) is 55.6 Å². The van der Waals surface area contributed by atoms with Gasteiger partial charge in [-0.3, -0.25) is 9.35 Å². The Bertz CT molecular complexity index is 837. The van der Waals surface area contributed by atoms with E-state index < -0.39 is 28.0 Å². The maximum Gasteiger partial charge on any atom is 0.266 e. The summed E-state index contributed by atoms with van der Waals surface area (Å²) >= 11 is 0. The normalized spacial score (nSPS) is 13.8. The first-order chi connectivity index (χ1) is 21.3. The Labute approximate surface area is 272 Å². The summed E-state index contributed by atoms with van der Waals surface area (Å²) in [5.74, 6) is -0.913. The fourth-order valence-corrected chi connectivity index (χ4v) is 6.10. The van der Waals surface area contributed by atoms with Crippen LogP contribution in [0, 0.1) is 0 Å². The highest BCUT2D eigenvalue weighted by atomic mass is 32.2. The fraction of sp³-hybridized carbons (Fsp3) is 0.811. The molecular weight excluding hydrogens is 570 g/mol. The molecule has 0 fully saturated rings. The van der Waals surface area contributed by atoms with Crippen LogP contribution in [0.1, 0.15) is 174 Å². The molecule has 6 nitrogen and oxygen atoms in total. The van der Waals surface area contributed by atoms with E-state index in [-0.39, 0.29) is 5.91 Å². The van der Waals surface area contributed by atoms with Crippen molar-refractivity contribution in [3.63, 3.8) is 0 Å². The van der Waals surface area contributed by atoms with E-state index in [9.17, 15) is 22.9 Å². The SMILES string of the molecule is CCCCCCC/C=C\C/C=C\C/C=C\CCCCCCCCCCC(=O)NC(CS(=O)(=O)O)C(O)CCCCCCCC. The predicted octanol–water partition coefficient (Wildman–Crippen LogP) is 10.2. The molecule has 0 saturated heterocycles. The van der Waals surface area contributed by atoms with Crippen LogP contribution in [0.4, 0.5) is 0 Å². The zero-order chi connectivity index (χ0) is 32.6. The number of carbonyl (C=O) groups is 1. The summed E-state index contributed by atoms with van der Waals surface area (Å²) in [6, 6.07) is -0.971. The molecule has 44 heavy (non-hydrogen) atoms. The zero-order valence-corrected chi connectivity index (χ0v) is 29.3. The predicted molar refractivity (Wildman–Crippen MR) is 189 cm³/mol. The molecule has 2 unspecified atom stereocenters. The van der Waals surface area contributed by atoms with Crippen LogP contribution in [0.5, 0.6) is 0 Å². The minimum Gasteiger partial charge on any atom is -0.391 e. The van der Waals surface area contributed by atoms with Gasteiger partial charge in [-0.05, 0) is 51.4 Å². The topological polar surface area (TPSA) is 104 Å². The number of unbranched alkanes of at least 4 members (excludes halogenated alkanes) is 18. The van der Waals surface area contributed by atoms with Crippen LogP contribution in [0.3, 0.4) is 0 Å². The molecule has 0 aliphatic carbocycles. The van der Waals surface area contributed by atoms with E-state index in [4.69, 9.17) is 0 Å². The van der Waals surface area contributed by atoms with Crippen molar-refractivity contribution in [1.29, 1.82) is 0 Å². The Kier molecular flexibility index (Phi) is 30.5. The first-order valence-electron chi connectivity index (χ1n) is 18.2. The smallest absolute Gasteiger partial charge is 0.266 e. The van der Waals surface area contributed by atoms with Crippen molar-refractivity contribution in [3.05, 3.63) is 36.5 Å². The number of allylic oxidation sites excluding steroid dienone is 6. The number of hydrogen-bond donors (Lipinski definition) is 3. The lowest BCUT2D eigenvalue weighted by Crippen LogP contribution is -2.47. The second kappa shape index (κ2) is 31.5. The van der Waals surface area contributed by atoms with Crippen molar-refractivity contribution in [3.8, 4) is 0 Å².